The molecule has 0 unspecified atom stereocenters. The second-order valence-electron chi connectivity index (χ2n) is 8.15. The average Bonchev–Trinajstić information content (AvgIpc) is 2.93. The number of nitrogens with zero attached hydrogens (tertiary/aromatic N) is 3. The van der Waals surface area contributed by atoms with Crippen molar-refractivity contribution in [2.24, 2.45) is 5.11 Å². The lowest BCUT2D eigenvalue weighted by molar-refractivity contribution is -0.152. The molecular weight excluding hydrogens is 458 g/mol. The molecule has 3 aromatic rings. The van der Waals surface area contributed by atoms with E-state index in [9.17, 15) is 10.3 Å². The molecule has 36 heavy (non-hydrogen) atoms. The number of azide groups is 1. The zero-order valence-corrected chi connectivity index (χ0v) is 20.3. The molecule has 188 valence electrons. The molecule has 8 heteroatoms. The zero-order valence-electron chi connectivity index (χ0n) is 20.3. The summed E-state index contributed by atoms with van der Waals surface area (Å²) in [7, 11) is 1.32. The number of hydrogen-bond donors (Lipinski definition) is 0. The lowest BCUT2D eigenvalue weighted by Crippen LogP contribution is -2.43. The van der Waals surface area contributed by atoms with E-state index >= 15 is 0 Å². The summed E-state index contributed by atoms with van der Waals surface area (Å²) in [4.78, 5) is 15.3. The van der Waals surface area contributed by atoms with Crippen LogP contribution >= 0.6 is 0 Å². The van der Waals surface area contributed by atoms with Crippen molar-refractivity contribution in [2.45, 2.75) is 44.5 Å². The Morgan fingerprint density at radius 1 is 0.806 bits per heavy atom. The third kappa shape index (κ3) is 9.17. The van der Waals surface area contributed by atoms with Gasteiger partial charge in [-0.1, -0.05) is 96.1 Å². The lowest BCUT2D eigenvalue weighted by Gasteiger charge is -2.31. The number of methoxy groups -OCH3 is 1. The van der Waals surface area contributed by atoms with Gasteiger partial charge in [-0.25, -0.2) is 0 Å². The number of rotatable bonds is 15. The first-order chi connectivity index (χ1) is 17.7. The number of esters is 1. The minimum Gasteiger partial charge on any atom is -0.469 e. The predicted octanol–water partition coefficient (Wildman–Crippen LogP) is 5.62. The van der Waals surface area contributed by atoms with Crippen LogP contribution in [0.4, 0.5) is 0 Å². The number of benzene rings is 3. The van der Waals surface area contributed by atoms with E-state index in [1.165, 1.54) is 7.11 Å². The predicted molar refractivity (Wildman–Crippen MR) is 136 cm³/mol. The number of ether oxygens (including phenoxy) is 4. The summed E-state index contributed by atoms with van der Waals surface area (Å²) in [5.41, 5.74) is 12.2. The van der Waals surface area contributed by atoms with Crippen LogP contribution in [0.2, 0.25) is 0 Å². The van der Waals surface area contributed by atoms with E-state index in [2.05, 4.69) is 10.0 Å². The highest BCUT2D eigenvalue weighted by Crippen LogP contribution is 2.21. The van der Waals surface area contributed by atoms with E-state index in [4.69, 9.17) is 18.9 Å². The molecule has 3 atom stereocenters. The Bertz CT molecular complexity index is 1080. The summed E-state index contributed by atoms with van der Waals surface area (Å²) in [6, 6.07) is 28.2. The van der Waals surface area contributed by atoms with E-state index in [0.29, 0.717) is 6.61 Å². The van der Waals surface area contributed by atoms with Crippen LogP contribution in [-0.2, 0) is 43.6 Å². The van der Waals surface area contributed by atoms with Crippen LogP contribution < -0.4 is 0 Å². The quantitative estimate of drug-likeness (QED) is 0.119. The van der Waals surface area contributed by atoms with E-state index in [0.717, 1.165) is 16.7 Å². The minimum atomic E-state index is -0.764. The Morgan fingerprint density at radius 3 is 1.81 bits per heavy atom. The van der Waals surface area contributed by atoms with Gasteiger partial charge in [-0.05, 0) is 22.2 Å². The summed E-state index contributed by atoms with van der Waals surface area (Å²) in [5, 5.41) is 3.98. The Morgan fingerprint density at radius 2 is 1.31 bits per heavy atom. The van der Waals surface area contributed by atoms with Gasteiger partial charge in [0.05, 0.1) is 58.2 Å². The number of carbonyl (C=O) groups is 1. The van der Waals surface area contributed by atoms with Crippen molar-refractivity contribution in [3.8, 4) is 0 Å². The van der Waals surface area contributed by atoms with Gasteiger partial charge in [0.15, 0.2) is 0 Å². The molecule has 0 radical (unpaired) electrons. The van der Waals surface area contributed by atoms with Crippen molar-refractivity contribution in [1.82, 2.24) is 0 Å². The van der Waals surface area contributed by atoms with Crippen LogP contribution in [-0.4, -0.2) is 37.9 Å². The first-order valence-corrected chi connectivity index (χ1v) is 11.7. The highest BCUT2D eigenvalue weighted by Gasteiger charge is 2.33. The van der Waals surface area contributed by atoms with E-state index in [1.54, 1.807) is 0 Å². The average molecular weight is 490 g/mol. The van der Waals surface area contributed by atoms with Crippen molar-refractivity contribution in [1.29, 1.82) is 0 Å². The molecule has 0 N–H and O–H groups in total. The molecule has 0 amide bonds. The molecule has 0 spiro atoms. The molecule has 0 bridgehead atoms. The lowest BCUT2D eigenvalue weighted by atomic mass is 10.0. The standard InChI is InChI=1S/C28H31N3O5/c1-33-27(32)17-26(35-19-23-13-7-3-8-14-23)28(36-20-24-15-9-4-10-16-24)25(30-31-29)21-34-18-22-11-5-2-6-12-22/h2-16,25-26,28H,17-21H2,1H3/t25-,26+,28+/m0/s1. The van der Waals surface area contributed by atoms with Crippen LogP contribution in [0.25, 0.3) is 10.4 Å². The summed E-state index contributed by atoms with van der Waals surface area (Å²) in [5.74, 6) is -0.453. The fourth-order valence-electron chi connectivity index (χ4n) is 3.66. The van der Waals surface area contributed by atoms with Crippen molar-refractivity contribution >= 4 is 5.97 Å². The normalized spacial score (nSPS) is 13.2. The third-order valence-corrected chi connectivity index (χ3v) is 5.53. The SMILES string of the molecule is COC(=O)C[C@@H](OCc1ccccc1)[C@H](OCc1ccccc1)[C@H](COCc1ccccc1)N=[N+]=[N-]. The third-order valence-electron chi connectivity index (χ3n) is 5.53. The van der Waals surface area contributed by atoms with Crippen molar-refractivity contribution < 1.29 is 23.7 Å². The molecule has 0 aromatic heterocycles. The molecule has 3 rings (SSSR count). The minimum absolute atomic E-state index is 0.0705. The van der Waals surface area contributed by atoms with Crippen LogP contribution in [0, 0.1) is 0 Å². The van der Waals surface area contributed by atoms with Crippen molar-refractivity contribution in [3.63, 3.8) is 0 Å². The number of carbonyl (C=O) groups excluding carboxylic acids is 1. The molecule has 3 aromatic carbocycles. The first kappa shape index (κ1) is 26.9. The van der Waals surface area contributed by atoms with Gasteiger partial charge in [0, 0.05) is 4.91 Å². The smallest absolute Gasteiger partial charge is 0.308 e. The van der Waals surface area contributed by atoms with Gasteiger partial charge in [-0.3, -0.25) is 4.79 Å². The largest absolute Gasteiger partial charge is 0.469 e. The fraction of sp³-hybridized carbons (Fsp3) is 0.321. The van der Waals surface area contributed by atoms with Gasteiger partial charge in [0.1, 0.15) is 0 Å². The van der Waals surface area contributed by atoms with Crippen LogP contribution in [0.15, 0.2) is 96.1 Å². The second kappa shape index (κ2) is 15.3. The Hall–Kier alpha value is -3.68. The topological polar surface area (TPSA) is 103 Å². The van der Waals surface area contributed by atoms with Gasteiger partial charge >= 0.3 is 5.97 Å². The van der Waals surface area contributed by atoms with Crippen LogP contribution in [0.3, 0.4) is 0 Å². The second-order valence-corrected chi connectivity index (χ2v) is 8.15. The molecule has 0 heterocycles. The van der Waals surface area contributed by atoms with Crippen molar-refractivity contribution in [2.75, 3.05) is 13.7 Å². The molecule has 0 saturated carbocycles. The maximum Gasteiger partial charge on any atom is 0.308 e. The highest BCUT2D eigenvalue weighted by molar-refractivity contribution is 5.69. The summed E-state index contributed by atoms with van der Waals surface area (Å²) >= 11 is 0. The van der Waals surface area contributed by atoms with Crippen molar-refractivity contribution in [3.05, 3.63) is 118 Å². The Labute approximate surface area is 211 Å². The van der Waals surface area contributed by atoms with Gasteiger partial charge in [0.25, 0.3) is 0 Å². The molecule has 0 saturated heterocycles. The highest BCUT2D eigenvalue weighted by atomic mass is 16.6. The van der Waals surface area contributed by atoms with Gasteiger partial charge in [0.2, 0.25) is 0 Å². The zero-order chi connectivity index (χ0) is 25.4. The van der Waals surface area contributed by atoms with E-state index in [-0.39, 0.29) is 26.2 Å². The molecule has 8 nitrogen and oxygen atoms in total. The summed E-state index contributed by atoms with van der Waals surface area (Å²) in [6.07, 6.45) is -1.57. The van der Waals surface area contributed by atoms with Gasteiger partial charge in [-0.2, -0.15) is 0 Å². The molecule has 0 aliphatic carbocycles. The monoisotopic (exact) mass is 489 g/mol. The van der Waals surface area contributed by atoms with Gasteiger partial charge < -0.3 is 18.9 Å². The van der Waals surface area contributed by atoms with Crippen LogP contribution in [0.5, 0.6) is 0 Å². The molecule has 0 aliphatic heterocycles. The maximum atomic E-state index is 12.3. The fourth-order valence-corrected chi connectivity index (χ4v) is 3.66. The van der Waals surface area contributed by atoms with Crippen LogP contribution in [0.1, 0.15) is 23.1 Å². The van der Waals surface area contributed by atoms with Gasteiger partial charge in [-0.15, -0.1) is 0 Å². The maximum absolute atomic E-state index is 12.3. The Kier molecular flexibility index (Phi) is 11.5. The first-order valence-electron chi connectivity index (χ1n) is 11.7. The molecule has 0 aliphatic rings. The number of hydrogen-bond acceptors (Lipinski definition) is 6. The summed E-state index contributed by atoms with van der Waals surface area (Å²) < 4.78 is 23.3. The molecule has 0 fully saturated rings. The Balaban J connectivity index is 1.81. The molecular formula is C28H31N3O5. The van der Waals surface area contributed by atoms with E-state index in [1.807, 2.05) is 91.0 Å². The summed E-state index contributed by atoms with van der Waals surface area (Å²) in [6.45, 7) is 0.927. The van der Waals surface area contributed by atoms with E-state index < -0.39 is 24.2 Å².